The van der Waals surface area contributed by atoms with Crippen LogP contribution in [0.15, 0.2) is 77.4 Å². The van der Waals surface area contributed by atoms with Gasteiger partial charge in [0.25, 0.3) is 11.8 Å². The van der Waals surface area contributed by atoms with Gasteiger partial charge in [-0.3, -0.25) is 9.59 Å². The first-order valence-electron chi connectivity index (χ1n) is 10.9. The van der Waals surface area contributed by atoms with E-state index < -0.39 is 11.8 Å². The number of hydrogen-bond donors (Lipinski definition) is 0. The number of carbonyl (C=O) groups is 2. The molecule has 0 aromatic heterocycles. The second kappa shape index (κ2) is 9.75. The fourth-order valence-electron chi connectivity index (χ4n) is 3.90. The zero-order valence-electron chi connectivity index (χ0n) is 19.7. The lowest BCUT2D eigenvalue weighted by molar-refractivity contribution is -0.123. The number of amides is 2. The molecule has 0 N–H and O–H groups in total. The summed E-state index contributed by atoms with van der Waals surface area (Å²) < 4.78 is 11.5. The third-order valence-electron chi connectivity index (χ3n) is 5.45. The highest BCUT2D eigenvalue weighted by molar-refractivity contribution is 6.30. The largest absolute Gasteiger partial charge is 0.493 e. The van der Waals surface area contributed by atoms with Crippen molar-refractivity contribution in [3.63, 3.8) is 0 Å². The average molecular weight is 455 g/mol. The van der Waals surface area contributed by atoms with Gasteiger partial charge in [-0.2, -0.15) is 10.1 Å². The zero-order valence-corrected chi connectivity index (χ0v) is 19.7. The summed E-state index contributed by atoms with van der Waals surface area (Å²) in [6.45, 7) is 6.24. The van der Waals surface area contributed by atoms with E-state index in [0.29, 0.717) is 35.0 Å². The summed E-state index contributed by atoms with van der Waals surface area (Å²) in [7, 11) is 1.57. The van der Waals surface area contributed by atoms with E-state index in [-0.39, 0.29) is 0 Å². The van der Waals surface area contributed by atoms with E-state index >= 15 is 0 Å². The molecule has 0 atom stereocenters. The Labute approximate surface area is 199 Å². The van der Waals surface area contributed by atoms with E-state index in [9.17, 15) is 9.59 Å². The number of ether oxygens (including phenoxy) is 2. The summed E-state index contributed by atoms with van der Waals surface area (Å²) in [5, 5.41) is 5.10. The molecule has 3 aromatic rings. The topological polar surface area (TPSA) is 68.2 Å². The second-order valence-electron chi connectivity index (χ2n) is 8.23. The molecule has 1 heterocycles. The summed E-state index contributed by atoms with van der Waals surface area (Å²) in [6.07, 6.45) is 1.70. The van der Waals surface area contributed by atoms with Gasteiger partial charge < -0.3 is 9.47 Å². The summed E-state index contributed by atoms with van der Waals surface area (Å²) in [6, 6.07) is 20.4. The predicted octanol–water partition coefficient (Wildman–Crippen LogP) is 5.33. The molecule has 1 aliphatic rings. The Morgan fingerprint density at radius 3 is 2.32 bits per heavy atom. The Kier molecular flexibility index (Phi) is 6.59. The van der Waals surface area contributed by atoms with Gasteiger partial charge in [-0.15, -0.1) is 0 Å². The van der Waals surface area contributed by atoms with Crippen molar-refractivity contribution in [2.45, 2.75) is 27.4 Å². The summed E-state index contributed by atoms with van der Waals surface area (Å²) >= 11 is 0. The number of carbonyl (C=O) groups excluding carboxylic acids is 2. The number of benzene rings is 3. The van der Waals surface area contributed by atoms with Crippen LogP contribution in [0.2, 0.25) is 0 Å². The Morgan fingerprint density at radius 1 is 0.941 bits per heavy atom. The molecule has 6 nitrogen and oxygen atoms in total. The molecule has 0 fully saturated rings. The van der Waals surface area contributed by atoms with E-state index in [0.717, 1.165) is 16.1 Å². The standard InChI is InChI=1S/C28H26N2O4/c1-18-12-19(2)14-22(13-18)17-34-25-11-10-21(16-26(25)33-4)15-24-20(3)29-30(28(24)32)27(31)23-8-6-5-7-9-23/h5-16H,17H2,1-4H3/b24-15+. The van der Waals surface area contributed by atoms with Crippen LogP contribution < -0.4 is 9.47 Å². The van der Waals surface area contributed by atoms with Crippen molar-refractivity contribution in [2.24, 2.45) is 5.10 Å². The van der Waals surface area contributed by atoms with E-state index in [1.165, 1.54) is 11.1 Å². The molecule has 6 heteroatoms. The van der Waals surface area contributed by atoms with Crippen LogP contribution in [0.1, 0.15) is 39.5 Å². The smallest absolute Gasteiger partial charge is 0.283 e. The second-order valence-corrected chi connectivity index (χ2v) is 8.23. The van der Waals surface area contributed by atoms with Gasteiger partial charge in [0, 0.05) is 5.56 Å². The molecule has 0 bridgehead atoms. The lowest BCUT2D eigenvalue weighted by atomic mass is 10.1. The van der Waals surface area contributed by atoms with Crippen molar-refractivity contribution >= 4 is 23.6 Å². The van der Waals surface area contributed by atoms with Crippen molar-refractivity contribution in [3.8, 4) is 11.5 Å². The number of nitrogens with zero attached hydrogens (tertiary/aromatic N) is 2. The number of rotatable bonds is 6. The summed E-state index contributed by atoms with van der Waals surface area (Å²) in [4.78, 5) is 25.6. The first-order valence-corrected chi connectivity index (χ1v) is 10.9. The number of methoxy groups -OCH3 is 1. The minimum atomic E-state index is -0.458. The zero-order chi connectivity index (χ0) is 24.2. The average Bonchev–Trinajstić information content (AvgIpc) is 3.11. The SMILES string of the molecule is COc1cc(/C=C2/C(=O)N(C(=O)c3ccccc3)N=C2C)ccc1OCc1cc(C)cc(C)c1. The maximum atomic E-state index is 12.9. The normalized spacial score (nSPS) is 14.4. The summed E-state index contributed by atoms with van der Waals surface area (Å²) in [5.74, 6) is 0.241. The fourth-order valence-corrected chi connectivity index (χ4v) is 3.90. The molecule has 0 saturated carbocycles. The van der Waals surface area contributed by atoms with Gasteiger partial charge in [-0.1, -0.05) is 53.6 Å². The Bertz CT molecular complexity index is 1290. The number of hydrazone groups is 1. The van der Waals surface area contributed by atoms with Crippen molar-refractivity contribution in [1.29, 1.82) is 0 Å². The van der Waals surface area contributed by atoms with Gasteiger partial charge in [0.15, 0.2) is 11.5 Å². The van der Waals surface area contributed by atoms with E-state index in [1.54, 1.807) is 50.4 Å². The van der Waals surface area contributed by atoms with Crippen LogP contribution in [-0.2, 0) is 11.4 Å². The summed E-state index contributed by atoms with van der Waals surface area (Å²) in [5.41, 5.74) is 5.43. The van der Waals surface area contributed by atoms with Gasteiger partial charge >= 0.3 is 0 Å². The van der Waals surface area contributed by atoms with Crippen LogP contribution >= 0.6 is 0 Å². The highest BCUT2D eigenvalue weighted by Crippen LogP contribution is 2.31. The molecule has 34 heavy (non-hydrogen) atoms. The van der Waals surface area contributed by atoms with Gasteiger partial charge in [-0.25, -0.2) is 0 Å². The highest BCUT2D eigenvalue weighted by Gasteiger charge is 2.32. The van der Waals surface area contributed by atoms with Gasteiger partial charge in [-0.05, 0) is 62.2 Å². The van der Waals surface area contributed by atoms with Gasteiger partial charge in [0.05, 0.1) is 18.4 Å². The number of aryl methyl sites for hydroxylation is 2. The molecule has 0 spiro atoms. The third kappa shape index (κ3) is 4.91. The molecule has 0 saturated heterocycles. The molecule has 1 aliphatic heterocycles. The first-order chi connectivity index (χ1) is 16.4. The van der Waals surface area contributed by atoms with Crippen molar-refractivity contribution in [3.05, 3.63) is 100 Å². The quantitative estimate of drug-likeness (QED) is 0.373. The Hall–Kier alpha value is -4.19. The minimum Gasteiger partial charge on any atom is -0.493 e. The molecular weight excluding hydrogens is 428 g/mol. The Morgan fingerprint density at radius 2 is 1.65 bits per heavy atom. The molecule has 3 aromatic carbocycles. The number of hydrogen-bond acceptors (Lipinski definition) is 5. The van der Waals surface area contributed by atoms with E-state index in [1.807, 2.05) is 18.2 Å². The van der Waals surface area contributed by atoms with Crippen molar-refractivity contribution in [2.75, 3.05) is 7.11 Å². The maximum absolute atomic E-state index is 12.9. The monoisotopic (exact) mass is 454 g/mol. The number of imide groups is 1. The lowest BCUT2D eigenvalue weighted by Gasteiger charge is -2.13. The lowest BCUT2D eigenvalue weighted by Crippen LogP contribution is -2.29. The molecule has 4 rings (SSSR count). The third-order valence-corrected chi connectivity index (χ3v) is 5.45. The van der Waals surface area contributed by atoms with Crippen molar-refractivity contribution < 1.29 is 19.1 Å². The molecule has 2 amide bonds. The van der Waals surface area contributed by atoms with Crippen LogP contribution in [0.25, 0.3) is 6.08 Å². The molecule has 0 aliphatic carbocycles. The molecule has 172 valence electrons. The molecular formula is C28H26N2O4. The molecule has 0 radical (unpaired) electrons. The minimum absolute atomic E-state index is 0.357. The highest BCUT2D eigenvalue weighted by atomic mass is 16.5. The van der Waals surface area contributed by atoms with Gasteiger partial charge in [0.1, 0.15) is 6.61 Å². The van der Waals surface area contributed by atoms with Crippen LogP contribution in [0.3, 0.4) is 0 Å². The maximum Gasteiger partial charge on any atom is 0.283 e. The predicted molar refractivity (Wildman–Crippen MR) is 132 cm³/mol. The van der Waals surface area contributed by atoms with Crippen molar-refractivity contribution in [1.82, 2.24) is 5.01 Å². The van der Waals surface area contributed by atoms with Crippen LogP contribution in [-0.4, -0.2) is 29.6 Å². The van der Waals surface area contributed by atoms with Gasteiger partial charge in [0.2, 0.25) is 0 Å². The van der Waals surface area contributed by atoms with Crippen LogP contribution in [0, 0.1) is 13.8 Å². The first kappa shape index (κ1) is 23.0. The van der Waals surface area contributed by atoms with Crippen LogP contribution in [0.5, 0.6) is 11.5 Å². The fraction of sp³-hybridized carbons (Fsp3) is 0.179. The molecule has 0 unspecified atom stereocenters. The van der Waals surface area contributed by atoms with Crippen LogP contribution in [0.4, 0.5) is 0 Å². The van der Waals surface area contributed by atoms with E-state index in [2.05, 4.69) is 37.1 Å². The van der Waals surface area contributed by atoms with E-state index in [4.69, 9.17) is 9.47 Å². The Balaban J connectivity index is 1.53.